The number of benzene rings is 1. The van der Waals surface area contributed by atoms with Crippen molar-refractivity contribution in [3.05, 3.63) is 24.4 Å². The molecule has 86 valence electrons. The van der Waals surface area contributed by atoms with Crippen LogP contribution >= 0.6 is 0 Å². The lowest BCUT2D eigenvalue weighted by Crippen LogP contribution is -2.30. The second-order valence-electron chi connectivity index (χ2n) is 4.92. The summed E-state index contributed by atoms with van der Waals surface area (Å²) in [5, 5.41) is 11.8. The zero-order valence-corrected chi connectivity index (χ0v) is 10.2. The lowest BCUT2D eigenvalue weighted by atomic mass is 9.98. The molecule has 0 saturated carbocycles. The van der Waals surface area contributed by atoms with Gasteiger partial charge in [0.2, 0.25) is 0 Å². The van der Waals surface area contributed by atoms with E-state index in [4.69, 9.17) is 0 Å². The van der Waals surface area contributed by atoms with Gasteiger partial charge in [-0.25, -0.2) is 0 Å². The van der Waals surface area contributed by atoms with Gasteiger partial charge in [0.15, 0.2) is 0 Å². The number of aromatic amines is 1. The molecule has 16 heavy (non-hydrogen) atoms. The Balaban J connectivity index is 2.20. The Kier molecular flexibility index (Phi) is 2.86. The first kappa shape index (κ1) is 11.0. The second kappa shape index (κ2) is 4.16. The summed E-state index contributed by atoms with van der Waals surface area (Å²) in [5.41, 5.74) is 2.29. The van der Waals surface area contributed by atoms with Gasteiger partial charge in [0.25, 0.3) is 0 Å². The van der Waals surface area contributed by atoms with Crippen molar-refractivity contribution in [3.63, 3.8) is 0 Å². The molecular weight excluding hydrogens is 198 g/mol. The molecule has 0 atom stereocenters. The third-order valence-corrected chi connectivity index (χ3v) is 2.79. The van der Waals surface area contributed by atoms with Gasteiger partial charge in [-0.2, -0.15) is 5.10 Å². The first-order chi connectivity index (χ1) is 7.61. The van der Waals surface area contributed by atoms with Crippen molar-refractivity contribution in [1.82, 2.24) is 10.2 Å². The average Bonchev–Trinajstić information content (AvgIpc) is 2.63. The van der Waals surface area contributed by atoms with E-state index >= 15 is 0 Å². The van der Waals surface area contributed by atoms with Gasteiger partial charge in [0.1, 0.15) is 0 Å². The van der Waals surface area contributed by atoms with Crippen molar-refractivity contribution in [1.29, 1.82) is 0 Å². The van der Waals surface area contributed by atoms with E-state index in [1.807, 2.05) is 6.20 Å². The van der Waals surface area contributed by atoms with Crippen LogP contribution < -0.4 is 5.32 Å². The largest absolute Gasteiger partial charge is 0.380 e. The predicted octanol–water partition coefficient (Wildman–Crippen LogP) is 3.55. The van der Waals surface area contributed by atoms with E-state index in [2.05, 4.69) is 54.5 Å². The number of aromatic nitrogens is 2. The quantitative estimate of drug-likeness (QED) is 0.822. The van der Waals surface area contributed by atoms with Gasteiger partial charge in [-0.1, -0.05) is 13.3 Å². The van der Waals surface area contributed by atoms with E-state index < -0.39 is 0 Å². The van der Waals surface area contributed by atoms with Gasteiger partial charge in [0.05, 0.1) is 5.52 Å². The fourth-order valence-electron chi connectivity index (χ4n) is 2.09. The summed E-state index contributed by atoms with van der Waals surface area (Å²) in [6.45, 7) is 6.66. The van der Waals surface area contributed by atoms with E-state index in [0.29, 0.717) is 0 Å². The molecule has 2 aromatic rings. The molecule has 2 rings (SSSR count). The minimum absolute atomic E-state index is 0.138. The number of nitrogens with one attached hydrogen (secondary N) is 2. The number of rotatable bonds is 4. The molecular formula is C13H19N3. The van der Waals surface area contributed by atoms with E-state index in [1.165, 1.54) is 6.42 Å². The molecule has 0 unspecified atom stereocenters. The van der Waals surface area contributed by atoms with Gasteiger partial charge in [-0.05, 0) is 38.5 Å². The number of H-pyrrole nitrogens is 1. The Morgan fingerprint density at radius 3 is 2.94 bits per heavy atom. The van der Waals surface area contributed by atoms with E-state index in [0.717, 1.165) is 23.0 Å². The summed E-state index contributed by atoms with van der Waals surface area (Å²) in [4.78, 5) is 0. The van der Waals surface area contributed by atoms with Crippen molar-refractivity contribution in [2.45, 2.75) is 39.2 Å². The third kappa shape index (κ3) is 2.35. The number of nitrogens with zero attached hydrogens (tertiary/aromatic N) is 1. The molecule has 0 aliphatic rings. The van der Waals surface area contributed by atoms with Crippen molar-refractivity contribution < 1.29 is 0 Å². The molecule has 0 saturated heterocycles. The minimum atomic E-state index is 0.138. The number of hydrogen-bond acceptors (Lipinski definition) is 2. The third-order valence-electron chi connectivity index (χ3n) is 2.79. The van der Waals surface area contributed by atoms with Crippen LogP contribution in [0.5, 0.6) is 0 Å². The molecule has 0 amide bonds. The van der Waals surface area contributed by atoms with Crippen LogP contribution in [0.4, 0.5) is 5.69 Å². The van der Waals surface area contributed by atoms with E-state index in [-0.39, 0.29) is 5.54 Å². The molecule has 0 aliphatic heterocycles. The fourth-order valence-corrected chi connectivity index (χ4v) is 2.09. The SMILES string of the molecule is CCCC(C)(C)Nc1ccc2c[nH]nc2c1. The predicted molar refractivity (Wildman–Crippen MR) is 68.7 cm³/mol. The summed E-state index contributed by atoms with van der Waals surface area (Å²) in [6, 6.07) is 6.28. The lowest BCUT2D eigenvalue weighted by Gasteiger charge is -2.27. The summed E-state index contributed by atoms with van der Waals surface area (Å²) in [5.74, 6) is 0. The molecule has 0 spiro atoms. The van der Waals surface area contributed by atoms with Crippen molar-refractivity contribution in [3.8, 4) is 0 Å². The van der Waals surface area contributed by atoms with Crippen molar-refractivity contribution in [2.24, 2.45) is 0 Å². The van der Waals surface area contributed by atoms with E-state index in [9.17, 15) is 0 Å². The first-order valence-corrected chi connectivity index (χ1v) is 5.82. The molecule has 0 radical (unpaired) electrons. The van der Waals surface area contributed by atoms with Gasteiger partial charge in [0, 0.05) is 22.8 Å². The van der Waals surface area contributed by atoms with Gasteiger partial charge < -0.3 is 5.32 Å². The van der Waals surface area contributed by atoms with Gasteiger partial charge in [-0.15, -0.1) is 0 Å². The second-order valence-corrected chi connectivity index (χ2v) is 4.92. The van der Waals surface area contributed by atoms with Crippen LogP contribution in [0.2, 0.25) is 0 Å². The summed E-state index contributed by atoms with van der Waals surface area (Å²) < 4.78 is 0. The Morgan fingerprint density at radius 1 is 1.38 bits per heavy atom. The number of anilines is 1. The molecule has 2 N–H and O–H groups in total. The molecule has 1 aromatic carbocycles. The Labute approximate surface area is 96.2 Å². The highest BCUT2D eigenvalue weighted by molar-refractivity contribution is 5.81. The number of fused-ring (bicyclic) bond motifs is 1. The molecule has 0 aliphatic carbocycles. The molecule has 3 heteroatoms. The normalized spacial score (nSPS) is 11.9. The zero-order chi connectivity index (χ0) is 11.6. The van der Waals surface area contributed by atoms with Crippen LogP contribution in [0.25, 0.3) is 10.9 Å². The average molecular weight is 217 g/mol. The Bertz CT molecular complexity index is 471. The van der Waals surface area contributed by atoms with Crippen LogP contribution in [-0.4, -0.2) is 15.7 Å². The highest BCUT2D eigenvalue weighted by atomic mass is 15.1. The Hall–Kier alpha value is -1.51. The minimum Gasteiger partial charge on any atom is -0.380 e. The van der Waals surface area contributed by atoms with Crippen LogP contribution in [0, 0.1) is 0 Å². The highest BCUT2D eigenvalue weighted by Gasteiger charge is 2.15. The maximum atomic E-state index is 4.19. The van der Waals surface area contributed by atoms with Crippen LogP contribution in [0.1, 0.15) is 33.6 Å². The summed E-state index contributed by atoms with van der Waals surface area (Å²) in [7, 11) is 0. The molecule has 1 aromatic heterocycles. The Morgan fingerprint density at radius 2 is 2.19 bits per heavy atom. The van der Waals surface area contributed by atoms with Crippen LogP contribution in [0.3, 0.4) is 0 Å². The maximum Gasteiger partial charge on any atom is 0.0941 e. The standard InChI is InChI=1S/C13H19N3/c1-4-7-13(2,3)15-11-6-5-10-9-14-16-12(10)8-11/h5-6,8-9,15H,4,7H2,1-3H3,(H,14,16). The smallest absolute Gasteiger partial charge is 0.0941 e. The van der Waals surface area contributed by atoms with E-state index in [1.54, 1.807) is 0 Å². The molecule has 1 heterocycles. The van der Waals surface area contributed by atoms with Crippen molar-refractivity contribution in [2.75, 3.05) is 5.32 Å². The monoisotopic (exact) mass is 217 g/mol. The topological polar surface area (TPSA) is 40.7 Å². The summed E-state index contributed by atoms with van der Waals surface area (Å²) >= 11 is 0. The lowest BCUT2D eigenvalue weighted by molar-refractivity contribution is 0.511. The number of hydrogen-bond donors (Lipinski definition) is 2. The zero-order valence-electron chi connectivity index (χ0n) is 10.2. The maximum absolute atomic E-state index is 4.19. The van der Waals surface area contributed by atoms with Gasteiger partial charge >= 0.3 is 0 Å². The first-order valence-electron chi connectivity index (χ1n) is 5.82. The van der Waals surface area contributed by atoms with Crippen LogP contribution in [-0.2, 0) is 0 Å². The molecule has 0 bridgehead atoms. The highest BCUT2D eigenvalue weighted by Crippen LogP contribution is 2.22. The van der Waals surface area contributed by atoms with Gasteiger partial charge in [-0.3, -0.25) is 5.10 Å². The van der Waals surface area contributed by atoms with Crippen LogP contribution in [0.15, 0.2) is 24.4 Å². The van der Waals surface area contributed by atoms with Crippen molar-refractivity contribution >= 4 is 16.6 Å². The summed E-state index contributed by atoms with van der Waals surface area (Å²) in [6.07, 6.45) is 4.26. The fraction of sp³-hybridized carbons (Fsp3) is 0.462. The molecule has 0 fully saturated rings. The molecule has 3 nitrogen and oxygen atoms in total.